The van der Waals surface area contributed by atoms with Crippen molar-refractivity contribution in [3.63, 3.8) is 0 Å². The Labute approximate surface area is 137 Å². The molecule has 1 aliphatic heterocycles. The molecule has 0 saturated carbocycles. The van der Waals surface area contributed by atoms with Gasteiger partial charge in [-0.05, 0) is 37.9 Å². The van der Waals surface area contributed by atoms with Gasteiger partial charge in [-0.25, -0.2) is 4.98 Å². The molecule has 3 nitrogen and oxygen atoms in total. The first-order valence-electron chi connectivity index (χ1n) is 8.66. The molecule has 3 aromatic rings. The topological polar surface area (TPSA) is 29.9 Å². The van der Waals surface area contributed by atoms with Crippen molar-refractivity contribution in [2.75, 3.05) is 6.54 Å². The molecule has 2 aromatic carbocycles. The number of fused-ring (bicyclic) bond motifs is 1. The monoisotopic (exact) mass is 305 g/mol. The lowest BCUT2D eigenvalue weighted by Gasteiger charge is -2.24. The van der Waals surface area contributed by atoms with E-state index in [1.165, 1.54) is 43.3 Å². The first kappa shape index (κ1) is 14.5. The Bertz CT molecular complexity index is 770. The normalized spacial score (nSPS) is 18.3. The Morgan fingerprint density at radius 1 is 1.00 bits per heavy atom. The molecule has 23 heavy (non-hydrogen) atoms. The van der Waals surface area contributed by atoms with Crippen molar-refractivity contribution in [2.24, 2.45) is 0 Å². The molecular formula is C20H23N3. The smallest absolute Gasteiger partial charge is 0.141 e. The number of piperidine rings is 1. The van der Waals surface area contributed by atoms with Gasteiger partial charge in [0.05, 0.1) is 11.0 Å². The Hall–Kier alpha value is -2.13. The van der Waals surface area contributed by atoms with Gasteiger partial charge < -0.3 is 9.88 Å². The molecule has 0 aliphatic carbocycles. The molecule has 118 valence electrons. The fourth-order valence-electron chi connectivity index (χ4n) is 3.56. The number of para-hydroxylation sites is 2. The van der Waals surface area contributed by atoms with Crippen LogP contribution in [0.25, 0.3) is 22.4 Å². The first-order valence-corrected chi connectivity index (χ1v) is 8.66. The van der Waals surface area contributed by atoms with E-state index in [0.717, 1.165) is 17.9 Å². The Balaban J connectivity index is 1.68. The van der Waals surface area contributed by atoms with Gasteiger partial charge in [0.1, 0.15) is 5.82 Å². The second-order valence-electron chi connectivity index (χ2n) is 6.38. The lowest BCUT2D eigenvalue weighted by molar-refractivity contribution is 0.368. The van der Waals surface area contributed by atoms with Gasteiger partial charge in [-0.2, -0.15) is 0 Å². The molecule has 0 bridgehead atoms. The number of hydrogen-bond donors (Lipinski definition) is 1. The van der Waals surface area contributed by atoms with Gasteiger partial charge in [-0.1, -0.05) is 48.9 Å². The third kappa shape index (κ3) is 3.02. The maximum absolute atomic E-state index is 4.89. The first-order chi connectivity index (χ1) is 11.4. The highest BCUT2D eigenvalue weighted by Crippen LogP contribution is 2.25. The SMILES string of the molecule is c1ccc(-c2nc3ccccc3n2CCC2CCCCN2)cc1. The summed E-state index contributed by atoms with van der Waals surface area (Å²) in [6, 6.07) is 19.6. The van der Waals surface area contributed by atoms with Crippen LogP contribution in [0.2, 0.25) is 0 Å². The molecule has 0 spiro atoms. The third-order valence-electron chi connectivity index (χ3n) is 4.80. The Morgan fingerprint density at radius 2 is 1.83 bits per heavy atom. The van der Waals surface area contributed by atoms with Gasteiger partial charge in [0, 0.05) is 18.2 Å². The summed E-state index contributed by atoms with van der Waals surface area (Å²) in [5.41, 5.74) is 3.52. The van der Waals surface area contributed by atoms with Gasteiger partial charge in [0.15, 0.2) is 0 Å². The largest absolute Gasteiger partial charge is 0.324 e. The third-order valence-corrected chi connectivity index (χ3v) is 4.80. The average Bonchev–Trinajstić information content (AvgIpc) is 3.00. The van der Waals surface area contributed by atoms with Crippen LogP contribution in [-0.4, -0.2) is 22.1 Å². The van der Waals surface area contributed by atoms with E-state index in [1.54, 1.807) is 0 Å². The predicted octanol–water partition coefficient (Wildman–Crippen LogP) is 4.24. The zero-order valence-electron chi connectivity index (χ0n) is 13.4. The molecule has 1 fully saturated rings. The number of nitrogens with one attached hydrogen (secondary N) is 1. The van der Waals surface area contributed by atoms with Crippen molar-refractivity contribution in [1.29, 1.82) is 0 Å². The second kappa shape index (κ2) is 6.55. The molecule has 1 saturated heterocycles. The highest BCUT2D eigenvalue weighted by atomic mass is 15.1. The van der Waals surface area contributed by atoms with Crippen LogP contribution in [0.5, 0.6) is 0 Å². The Kier molecular flexibility index (Phi) is 4.12. The minimum absolute atomic E-state index is 0.647. The van der Waals surface area contributed by atoms with Crippen molar-refractivity contribution in [3.05, 3.63) is 54.6 Å². The van der Waals surface area contributed by atoms with Crippen molar-refractivity contribution < 1.29 is 0 Å². The van der Waals surface area contributed by atoms with Crippen LogP contribution in [0.4, 0.5) is 0 Å². The van der Waals surface area contributed by atoms with Crippen LogP contribution in [0, 0.1) is 0 Å². The molecular weight excluding hydrogens is 282 g/mol. The molecule has 1 atom stereocenters. The number of nitrogens with zero attached hydrogens (tertiary/aromatic N) is 2. The van der Waals surface area contributed by atoms with Crippen LogP contribution < -0.4 is 5.32 Å². The molecule has 0 radical (unpaired) electrons. The summed E-state index contributed by atoms with van der Waals surface area (Å²) in [5.74, 6) is 1.09. The van der Waals surface area contributed by atoms with Crippen LogP contribution in [0.3, 0.4) is 0 Å². The van der Waals surface area contributed by atoms with E-state index in [0.29, 0.717) is 6.04 Å². The quantitative estimate of drug-likeness (QED) is 0.781. The standard InChI is InChI=1S/C20H23N3/c1-2-8-16(9-3-1)20-22-18-11-4-5-12-19(18)23(20)15-13-17-10-6-7-14-21-17/h1-5,8-9,11-12,17,21H,6-7,10,13-15H2. The van der Waals surface area contributed by atoms with E-state index in [4.69, 9.17) is 4.98 Å². The summed E-state index contributed by atoms with van der Waals surface area (Å²) >= 11 is 0. The molecule has 0 amide bonds. The number of hydrogen-bond acceptors (Lipinski definition) is 2. The number of rotatable bonds is 4. The second-order valence-corrected chi connectivity index (χ2v) is 6.38. The summed E-state index contributed by atoms with van der Waals surface area (Å²) in [7, 11) is 0. The molecule has 3 heteroatoms. The van der Waals surface area contributed by atoms with E-state index in [1.807, 2.05) is 0 Å². The van der Waals surface area contributed by atoms with Crippen molar-refractivity contribution >= 4 is 11.0 Å². The number of aryl methyl sites for hydroxylation is 1. The van der Waals surface area contributed by atoms with Crippen LogP contribution >= 0.6 is 0 Å². The number of benzene rings is 2. The van der Waals surface area contributed by atoms with Gasteiger partial charge in [0.2, 0.25) is 0 Å². The predicted molar refractivity (Wildman–Crippen MR) is 95.4 cm³/mol. The summed E-state index contributed by atoms with van der Waals surface area (Å²) in [4.78, 5) is 4.89. The highest BCUT2D eigenvalue weighted by molar-refractivity contribution is 5.80. The van der Waals surface area contributed by atoms with Gasteiger partial charge in [-0.3, -0.25) is 0 Å². The van der Waals surface area contributed by atoms with Crippen LogP contribution in [-0.2, 0) is 6.54 Å². The average molecular weight is 305 g/mol. The van der Waals surface area contributed by atoms with E-state index >= 15 is 0 Å². The van der Waals surface area contributed by atoms with E-state index in [9.17, 15) is 0 Å². The molecule has 2 heterocycles. The fourth-order valence-corrected chi connectivity index (χ4v) is 3.56. The summed E-state index contributed by atoms with van der Waals surface area (Å²) in [6.45, 7) is 2.18. The van der Waals surface area contributed by atoms with Crippen LogP contribution in [0.15, 0.2) is 54.6 Å². The molecule has 1 N–H and O–H groups in total. The summed E-state index contributed by atoms with van der Waals surface area (Å²) < 4.78 is 2.39. The maximum Gasteiger partial charge on any atom is 0.141 e. The zero-order chi connectivity index (χ0) is 15.5. The van der Waals surface area contributed by atoms with E-state index in [-0.39, 0.29) is 0 Å². The van der Waals surface area contributed by atoms with Crippen molar-refractivity contribution in [2.45, 2.75) is 38.3 Å². The van der Waals surface area contributed by atoms with Crippen molar-refractivity contribution in [3.8, 4) is 11.4 Å². The number of aromatic nitrogens is 2. The lowest BCUT2D eigenvalue weighted by atomic mass is 10.0. The van der Waals surface area contributed by atoms with E-state index < -0.39 is 0 Å². The van der Waals surface area contributed by atoms with Gasteiger partial charge in [0.25, 0.3) is 0 Å². The Morgan fingerprint density at radius 3 is 2.65 bits per heavy atom. The van der Waals surface area contributed by atoms with Crippen molar-refractivity contribution in [1.82, 2.24) is 14.9 Å². The highest BCUT2D eigenvalue weighted by Gasteiger charge is 2.16. The molecule has 1 aliphatic rings. The minimum Gasteiger partial charge on any atom is -0.324 e. The van der Waals surface area contributed by atoms with Gasteiger partial charge >= 0.3 is 0 Å². The zero-order valence-corrected chi connectivity index (χ0v) is 13.4. The molecule has 4 rings (SSSR count). The van der Waals surface area contributed by atoms with E-state index in [2.05, 4.69) is 64.5 Å². The molecule has 1 unspecified atom stereocenters. The van der Waals surface area contributed by atoms with Crippen LogP contribution in [0.1, 0.15) is 25.7 Å². The molecule has 1 aromatic heterocycles. The van der Waals surface area contributed by atoms with Gasteiger partial charge in [-0.15, -0.1) is 0 Å². The minimum atomic E-state index is 0.647. The maximum atomic E-state index is 4.89. The summed E-state index contributed by atoms with van der Waals surface area (Å²) in [6.07, 6.45) is 5.14. The number of imidazole rings is 1. The fraction of sp³-hybridized carbons (Fsp3) is 0.350. The summed E-state index contributed by atoms with van der Waals surface area (Å²) in [5, 5.41) is 3.66. The lowest BCUT2D eigenvalue weighted by Crippen LogP contribution is -2.34.